The molecule has 8 nitrogen and oxygen atoms in total. The van der Waals surface area contributed by atoms with Crippen LogP contribution in [0.3, 0.4) is 0 Å². The number of esters is 1. The second kappa shape index (κ2) is 13.3. The van der Waals surface area contributed by atoms with Crippen molar-refractivity contribution in [2.24, 2.45) is 16.8 Å². The Bertz CT molecular complexity index is 1380. The van der Waals surface area contributed by atoms with Crippen LogP contribution in [0.5, 0.6) is 11.5 Å². The molecule has 0 aromatic heterocycles. The van der Waals surface area contributed by atoms with E-state index in [9.17, 15) is 9.59 Å². The van der Waals surface area contributed by atoms with Gasteiger partial charge in [-0.2, -0.15) is 0 Å². The van der Waals surface area contributed by atoms with Crippen LogP contribution in [0.25, 0.3) is 5.70 Å². The maximum atomic E-state index is 13.0. The molecular formula is C35H48N2O6Si. The molecule has 1 saturated heterocycles. The van der Waals surface area contributed by atoms with E-state index in [1.165, 1.54) is 7.11 Å². The maximum Gasteiger partial charge on any atom is 0.410 e. The van der Waals surface area contributed by atoms with Crippen LogP contribution >= 0.6 is 0 Å². The lowest BCUT2D eigenvalue weighted by molar-refractivity contribution is -0.136. The van der Waals surface area contributed by atoms with Crippen molar-refractivity contribution in [3.05, 3.63) is 65.7 Å². The quantitative estimate of drug-likeness (QED) is 0.197. The number of para-hydroxylation sites is 1. The summed E-state index contributed by atoms with van der Waals surface area (Å²) in [6.45, 7) is 18.6. The number of hydrogen-bond donors (Lipinski definition) is 0. The van der Waals surface area contributed by atoms with Crippen molar-refractivity contribution < 1.29 is 28.2 Å². The van der Waals surface area contributed by atoms with Crippen molar-refractivity contribution in [3.8, 4) is 11.5 Å². The summed E-state index contributed by atoms with van der Waals surface area (Å²) in [5.41, 5.74) is 2.36. The summed E-state index contributed by atoms with van der Waals surface area (Å²) in [6.07, 6.45) is 0.854. The molecule has 0 bridgehead atoms. The molecule has 1 unspecified atom stereocenters. The van der Waals surface area contributed by atoms with E-state index >= 15 is 0 Å². The molecule has 2 heterocycles. The highest BCUT2D eigenvalue weighted by Gasteiger charge is 2.43. The summed E-state index contributed by atoms with van der Waals surface area (Å²) in [5.74, 6) is 1.28. The third-order valence-electron chi connectivity index (χ3n) is 8.69. The standard InChI is InChI=1S/C35H48N2O6Si/c1-34(2,3)43-33(39)37-22-25(23-37)28(19-20-41-44(8,9)35(4,5)6)30-21-29(32(38)40-7)31(36-30)24-15-17-27(18-16-24)42-26-13-11-10-12-14-26/h10-18,25,28H,19-23H2,1-9H3. The van der Waals surface area contributed by atoms with E-state index in [0.717, 1.165) is 23.4 Å². The Morgan fingerprint density at radius 3 is 2.14 bits per heavy atom. The minimum Gasteiger partial charge on any atom is -0.466 e. The van der Waals surface area contributed by atoms with Gasteiger partial charge in [0.15, 0.2) is 8.32 Å². The first-order valence-electron chi connectivity index (χ1n) is 15.4. The van der Waals surface area contributed by atoms with E-state index in [0.29, 0.717) is 43.1 Å². The van der Waals surface area contributed by atoms with Crippen molar-refractivity contribution in [3.63, 3.8) is 0 Å². The van der Waals surface area contributed by atoms with Gasteiger partial charge in [0.05, 0.1) is 18.4 Å². The topological polar surface area (TPSA) is 86.7 Å². The summed E-state index contributed by atoms with van der Waals surface area (Å²) in [7, 11) is -0.555. The lowest BCUT2D eigenvalue weighted by atomic mass is 9.79. The number of ether oxygens (including phenoxy) is 3. The molecule has 0 radical (unpaired) electrons. The number of aliphatic imine (C=N–C) groups is 1. The van der Waals surface area contributed by atoms with E-state index in [2.05, 4.69) is 33.9 Å². The molecule has 2 aromatic carbocycles. The smallest absolute Gasteiger partial charge is 0.410 e. The fourth-order valence-corrected chi connectivity index (χ4v) is 6.20. The van der Waals surface area contributed by atoms with Crippen LogP contribution in [-0.4, -0.2) is 63.4 Å². The lowest BCUT2D eigenvalue weighted by Gasteiger charge is -2.44. The average molecular weight is 621 g/mol. The number of hydrogen-bond acceptors (Lipinski definition) is 7. The molecule has 0 spiro atoms. The van der Waals surface area contributed by atoms with Gasteiger partial charge in [-0.25, -0.2) is 9.59 Å². The van der Waals surface area contributed by atoms with E-state index in [-0.39, 0.29) is 28.9 Å². The van der Waals surface area contributed by atoms with Gasteiger partial charge in [0.2, 0.25) is 0 Å². The van der Waals surface area contributed by atoms with Crippen LogP contribution in [0.4, 0.5) is 4.79 Å². The maximum absolute atomic E-state index is 13.0. The van der Waals surface area contributed by atoms with Crippen LogP contribution < -0.4 is 4.74 Å². The predicted octanol–water partition coefficient (Wildman–Crippen LogP) is 8.10. The zero-order valence-corrected chi connectivity index (χ0v) is 28.7. The summed E-state index contributed by atoms with van der Waals surface area (Å²) in [5, 5.41) is 0.0977. The first-order valence-corrected chi connectivity index (χ1v) is 18.3. The van der Waals surface area contributed by atoms with Crippen molar-refractivity contribution in [2.75, 3.05) is 26.8 Å². The zero-order valence-electron chi connectivity index (χ0n) is 27.7. The Kier molecular flexibility index (Phi) is 10.1. The van der Waals surface area contributed by atoms with Crippen LogP contribution in [0.15, 0.2) is 65.2 Å². The molecule has 1 fully saturated rings. The molecule has 0 saturated carbocycles. The van der Waals surface area contributed by atoms with Crippen LogP contribution in [0.2, 0.25) is 18.1 Å². The Hall–Kier alpha value is -3.43. The van der Waals surface area contributed by atoms with E-state index in [4.69, 9.17) is 23.6 Å². The fraction of sp³-hybridized carbons (Fsp3) is 0.514. The fourth-order valence-electron chi connectivity index (χ4n) is 5.14. The monoisotopic (exact) mass is 620 g/mol. The summed E-state index contributed by atoms with van der Waals surface area (Å²) >= 11 is 0. The van der Waals surface area contributed by atoms with Gasteiger partial charge < -0.3 is 23.5 Å². The molecule has 44 heavy (non-hydrogen) atoms. The molecule has 2 aromatic rings. The summed E-state index contributed by atoms with van der Waals surface area (Å²) < 4.78 is 23.3. The van der Waals surface area contributed by atoms with E-state index in [1.54, 1.807) is 4.90 Å². The molecule has 238 valence electrons. The summed E-state index contributed by atoms with van der Waals surface area (Å²) in [6, 6.07) is 17.2. The number of carbonyl (C=O) groups is 2. The number of likely N-dealkylation sites (tertiary alicyclic amines) is 1. The lowest BCUT2D eigenvalue weighted by Crippen LogP contribution is -2.55. The van der Waals surface area contributed by atoms with Gasteiger partial charge >= 0.3 is 12.1 Å². The van der Waals surface area contributed by atoms with Crippen LogP contribution in [0, 0.1) is 11.8 Å². The Morgan fingerprint density at radius 2 is 1.57 bits per heavy atom. The number of rotatable bonds is 10. The van der Waals surface area contributed by atoms with Crippen LogP contribution in [-0.2, 0) is 18.7 Å². The van der Waals surface area contributed by atoms with Gasteiger partial charge in [-0.1, -0.05) is 39.0 Å². The number of carbonyl (C=O) groups excluding carboxylic acids is 2. The average Bonchev–Trinajstić information content (AvgIpc) is 3.35. The number of methoxy groups -OCH3 is 1. The number of benzene rings is 2. The van der Waals surface area contributed by atoms with Crippen molar-refractivity contribution in [1.29, 1.82) is 0 Å². The molecule has 4 rings (SSSR count). The van der Waals surface area contributed by atoms with Gasteiger partial charge in [-0.15, -0.1) is 0 Å². The Morgan fingerprint density at radius 1 is 0.955 bits per heavy atom. The summed E-state index contributed by atoms with van der Waals surface area (Å²) in [4.78, 5) is 32.6. The van der Waals surface area contributed by atoms with Crippen molar-refractivity contribution in [1.82, 2.24) is 4.90 Å². The minimum absolute atomic E-state index is 0.0382. The third-order valence-corrected chi connectivity index (χ3v) is 13.2. The van der Waals surface area contributed by atoms with Crippen LogP contribution in [0.1, 0.15) is 59.9 Å². The van der Waals surface area contributed by atoms with E-state index in [1.807, 2.05) is 75.4 Å². The molecule has 2 aliphatic rings. The minimum atomic E-state index is -1.95. The molecule has 0 aliphatic carbocycles. The van der Waals surface area contributed by atoms with Gasteiger partial charge in [-0.3, -0.25) is 4.99 Å². The zero-order chi connectivity index (χ0) is 32.3. The SMILES string of the molecule is COC(=O)C1=C(c2ccc(Oc3ccccc3)cc2)N=C(C(CCO[Si](C)(C)C(C)(C)C)C2CN(C(=O)OC(C)(C)C)C2)C1. The van der Waals surface area contributed by atoms with Gasteiger partial charge in [0.1, 0.15) is 17.1 Å². The molecule has 0 N–H and O–H groups in total. The third kappa shape index (κ3) is 8.18. The molecule has 2 aliphatic heterocycles. The van der Waals surface area contributed by atoms with Gasteiger partial charge in [0, 0.05) is 49.2 Å². The normalized spacial score (nSPS) is 16.8. The second-order valence-corrected chi connectivity index (χ2v) is 19.0. The predicted molar refractivity (Wildman–Crippen MR) is 176 cm³/mol. The van der Waals surface area contributed by atoms with E-state index < -0.39 is 13.9 Å². The molecule has 1 amide bonds. The Labute approximate surface area is 263 Å². The first-order chi connectivity index (χ1) is 20.6. The number of nitrogens with zero attached hydrogens (tertiary/aromatic N) is 2. The largest absolute Gasteiger partial charge is 0.466 e. The second-order valence-electron chi connectivity index (χ2n) is 14.2. The Balaban J connectivity index is 1.56. The van der Waals surface area contributed by atoms with Crippen molar-refractivity contribution in [2.45, 2.75) is 78.1 Å². The molecule has 9 heteroatoms. The highest BCUT2D eigenvalue weighted by atomic mass is 28.4. The van der Waals surface area contributed by atoms with Gasteiger partial charge in [-0.05, 0) is 81.7 Å². The first kappa shape index (κ1) is 33.5. The molecular weight excluding hydrogens is 572 g/mol. The number of amides is 1. The highest BCUT2D eigenvalue weighted by Crippen LogP contribution is 2.40. The molecule has 1 atom stereocenters. The highest BCUT2D eigenvalue weighted by molar-refractivity contribution is 6.74. The van der Waals surface area contributed by atoms with Crippen molar-refractivity contribution >= 4 is 31.8 Å². The van der Waals surface area contributed by atoms with Gasteiger partial charge in [0.25, 0.3) is 0 Å².